The summed E-state index contributed by atoms with van der Waals surface area (Å²) in [4.78, 5) is 66.7. The van der Waals surface area contributed by atoms with Crippen LogP contribution in [0.2, 0.25) is 0 Å². The minimum Gasteiger partial charge on any atom is -0.489 e. The summed E-state index contributed by atoms with van der Waals surface area (Å²) in [7, 11) is 0. The standard InChI is InChI=1S/C46H61FN10O6/c1-29-26-55(43(60)34-25-50-57-23-18-38(54-41(34)57)51-30(2)33-24-32(47)16-17-36(33)62-29)22-9-7-6-8-15-39(58)56-27-37(46(28-56)19-20-46)53-42(59)35(52-44(61)63-45(3,4)5)14-10-12-31-13-11-21-49-40(31)48/h11,13,16-18,21,23-25,29-30,35,37H,6-10,12,14-15,19-20,22,26-28H2,1-5H3,(H2,48,49)(H,51,54)(H,52,61)(H,53,59)/t29-,30+,35-,37-/m0/s1. The Morgan fingerprint density at radius 1 is 1.08 bits per heavy atom. The molecule has 3 aliphatic rings. The van der Waals surface area contributed by atoms with Gasteiger partial charge < -0.3 is 41.0 Å². The Bertz CT molecular complexity index is 2290. The van der Waals surface area contributed by atoms with E-state index in [1.165, 1.54) is 18.3 Å². The number of fused-ring (bicyclic) bond motifs is 2. The Hall–Kier alpha value is -6.00. The molecule has 1 aromatic carbocycles. The number of ether oxygens (including phenoxy) is 2. The molecular weight excluding hydrogens is 808 g/mol. The SMILES string of the molecule is C[C@H]1CN(CCCCCCC(=O)N2C[C@H](NC(=O)[C@H](CCCc3cccnc3N)NC(=O)OC(C)(C)C)C3(CC3)C2)C(=O)c2cnn3ccc(nc23)N[C@H](C)c2cc(F)ccc2O1. The zero-order chi connectivity index (χ0) is 44.9. The smallest absolute Gasteiger partial charge is 0.408 e. The number of carbonyl (C=O) groups excluding carboxylic acids is 4. The molecule has 1 saturated carbocycles. The molecule has 4 atom stereocenters. The third-order valence-electron chi connectivity index (χ3n) is 12.1. The van der Waals surface area contributed by atoms with Gasteiger partial charge in [-0.05, 0) is 115 Å². The highest BCUT2D eigenvalue weighted by Gasteiger charge is 2.56. The summed E-state index contributed by atoms with van der Waals surface area (Å²) >= 11 is 0. The topological polar surface area (TPSA) is 198 Å². The number of rotatable bonds is 14. The van der Waals surface area contributed by atoms with Crippen molar-refractivity contribution >= 4 is 41.1 Å². The Kier molecular flexibility index (Phi) is 13.7. The summed E-state index contributed by atoms with van der Waals surface area (Å²) in [6.07, 6.45) is 10.6. The van der Waals surface area contributed by atoms with Crippen molar-refractivity contribution in [2.45, 2.75) is 129 Å². The molecule has 5 heterocycles. The minimum atomic E-state index is -0.830. The molecule has 3 aromatic heterocycles. The molecule has 4 amide bonds. The van der Waals surface area contributed by atoms with Gasteiger partial charge in [-0.25, -0.2) is 23.7 Å². The van der Waals surface area contributed by atoms with E-state index in [2.05, 4.69) is 26.0 Å². The van der Waals surface area contributed by atoms with Crippen LogP contribution < -0.4 is 26.4 Å². The molecule has 0 unspecified atom stereocenters. The van der Waals surface area contributed by atoms with Crippen LogP contribution in [-0.2, 0) is 20.7 Å². The van der Waals surface area contributed by atoms with Crippen LogP contribution in [0.1, 0.15) is 120 Å². The molecule has 7 rings (SSSR count). The monoisotopic (exact) mass is 868 g/mol. The maximum atomic E-state index is 14.4. The van der Waals surface area contributed by atoms with Crippen molar-refractivity contribution in [2.75, 3.05) is 37.2 Å². The summed E-state index contributed by atoms with van der Waals surface area (Å²) in [5.74, 6) is 0.662. The van der Waals surface area contributed by atoms with E-state index in [1.54, 1.807) is 54.7 Å². The maximum absolute atomic E-state index is 14.4. The van der Waals surface area contributed by atoms with Crippen molar-refractivity contribution in [1.82, 2.24) is 40.0 Å². The lowest BCUT2D eigenvalue weighted by Gasteiger charge is -2.27. The summed E-state index contributed by atoms with van der Waals surface area (Å²) in [5.41, 5.74) is 7.47. The van der Waals surface area contributed by atoms with Gasteiger partial charge >= 0.3 is 6.09 Å². The van der Waals surface area contributed by atoms with Gasteiger partial charge in [0.15, 0.2) is 5.65 Å². The molecule has 1 aliphatic carbocycles. The first-order valence-corrected chi connectivity index (χ1v) is 22.2. The molecule has 2 bridgehead atoms. The number of aromatic nitrogens is 4. The number of nitrogen functional groups attached to an aromatic ring is 1. The van der Waals surface area contributed by atoms with Crippen molar-refractivity contribution in [2.24, 2.45) is 5.41 Å². The molecule has 338 valence electrons. The van der Waals surface area contributed by atoms with Crippen LogP contribution in [0.25, 0.3) is 5.65 Å². The fourth-order valence-electron chi connectivity index (χ4n) is 8.64. The average molecular weight is 869 g/mol. The zero-order valence-corrected chi connectivity index (χ0v) is 37.0. The van der Waals surface area contributed by atoms with Gasteiger partial charge in [0.25, 0.3) is 5.91 Å². The second kappa shape index (κ2) is 19.2. The summed E-state index contributed by atoms with van der Waals surface area (Å²) in [5, 5.41) is 13.7. The number of nitrogens with one attached hydrogen (secondary N) is 3. The van der Waals surface area contributed by atoms with E-state index in [0.717, 1.165) is 31.2 Å². The van der Waals surface area contributed by atoms with Crippen molar-refractivity contribution in [1.29, 1.82) is 0 Å². The molecule has 2 aliphatic heterocycles. The van der Waals surface area contributed by atoms with E-state index in [0.29, 0.717) is 98.9 Å². The average Bonchev–Trinajstić information content (AvgIpc) is 3.75. The molecule has 2 fully saturated rings. The van der Waals surface area contributed by atoms with E-state index in [9.17, 15) is 23.6 Å². The van der Waals surface area contributed by atoms with Crippen LogP contribution in [0.5, 0.6) is 5.75 Å². The number of benzene rings is 1. The Morgan fingerprint density at radius 3 is 2.63 bits per heavy atom. The van der Waals surface area contributed by atoms with E-state index in [1.807, 2.05) is 30.9 Å². The highest BCUT2D eigenvalue weighted by Crippen LogP contribution is 2.53. The number of aryl methyl sites for hydroxylation is 1. The summed E-state index contributed by atoms with van der Waals surface area (Å²) in [6.45, 7) is 10.9. The van der Waals surface area contributed by atoms with Crippen molar-refractivity contribution in [3.05, 3.63) is 77.5 Å². The predicted molar refractivity (Wildman–Crippen MR) is 235 cm³/mol. The first-order valence-electron chi connectivity index (χ1n) is 22.2. The molecule has 0 radical (unpaired) electrons. The number of nitrogens with zero attached hydrogens (tertiary/aromatic N) is 6. The quantitative estimate of drug-likeness (QED) is 0.105. The van der Waals surface area contributed by atoms with Crippen molar-refractivity contribution in [3.63, 3.8) is 0 Å². The lowest BCUT2D eigenvalue weighted by Crippen LogP contribution is -2.52. The van der Waals surface area contributed by atoms with Gasteiger partial charge in [0.2, 0.25) is 11.8 Å². The van der Waals surface area contributed by atoms with Crippen LogP contribution in [0, 0.1) is 11.2 Å². The number of unbranched alkanes of at least 4 members (excludes halogenated alkanes) is 3. The fraction of sp³-hybridized carbons (Fsp3) is 0.543. The number of alkyl carbamates (subject to hydrolysis) is 1. The third-order valence-corrected chi connectivity index (χ3v) is 12.1. The van der Waals surface area contributed by atoms with Gasteiger partial charge in [-0.1, -0.05) is 18.9 Å². The number of nitrogens with two attached hydrogens (primary N) is 1. The van der Waals surface area contributed by atoms with E-state index in [-0.39, 0.29) is 41.0 Å². The molecule has 16 nitrogen and oxygen atoms in total. The zero-order valence-electron chi connectivity index (χ0n) is 37.0. The highest BCUT2D eigenvalue weighted by atomic mass is 19.1. The number of carbonyl (C=O) groups is 4. The van der Waals surface area contributed by atoms with Crippen LogP contribution in [0.15, 0.2) is 55.0 Å². The first-order chi connectivity index (χ1) is 30.1. The molecule has 17 heteroatoms. The number of hydrogen-bond acceptors (Lipinski definition) is 11. The molecule has 63 heavy (non-hydrogen) atoms. The van der Waals surface area contributed by atoms with Crippen molar-refractivity contribution < 1.29 is 33.0 Å². The molecule has 4 aromatic rings. The normalized spacial score (nSPS) is 19.9. The lowest BCUT2D eigenvalue weighted by molar-refractivity contribution is -0.131. The highest BCUT2D eigenvalue weighted by molar-refractivity contribution is 5.99. The van der Waals surface area contributed by atoms with E-state index >= 15 is 0 Å². The van der Waals surface area contributed by atoms with Gasteiger partial charge in [0.1, 0.15) is 46.5 Å². The number of anilines is 2. The third kappa shape index (κ3) is 11.3. The van der Waals surface area contributed by atoms with Gasteiger partial charge in [-0.15, -0.1) is 0 Å². The van der Waals surface area contributed by atoms with Crippen LogP contribution in [-0.4, -0.2) is 103 Å². The first kappa shape index (κ1) is 45.0. The van der Waals surface area contributed by atoms with Gasteiger partial charge in [-0.3, -0.25) is 14.4 Å². The second-order valence-electron chi connectivity index (χ2n) is 18.4. The Labute approximate surface area is 367 Å². The van der Waals surface area contributed by atoms with Crippen molar-refractivity contribution in [3.8, 4) is 5.75 Å². The maximum Gasteiger partial charge on any atom is 0.408 e. The number of amides is 4. The summed E-state index contributed by atoms with van der Waals surface area (Å²) in [6, 6.07) is 8.53. The largest absolute Gasteiger partial charge is 0.489 e. The lowest BCUT2D eigenvalue weighted by atomic mass is 9.99. The van der Waals surface area contributed by atoms with Crippen LogP contribution >= 0.6 is 0 Å². The number of hydrogen-bond donors (Lipinski definition) is 4. The predicted octanol–water partition coefficient (Wildman–Crippen LogP) is 6.22. The van der Waals surface area contributed by atoms with E-state index in [4.69, 9.17) is 20.2 Å². The fourth-order valence-corrected chi connectivity index (χ4v) is 8.64. The van der Waals surface area contributed by atoms with Crippen LogP contribution in [0.4, 0.5) is 20.8 Å². The minimum absolute atomic E-state index is 0.0552. The van der Waals surface area contributed by atoms with Gasteiger partial charge in [-0.2, -0.15) is 5.10 Å². The number of halogens is 1. The summed E-state index contributed by atoms with van der Waals surface area (Å²) < 4.78 is 27.8. The Balaban J connectivity index is 0.913. The molecule has 5 N–H and O–H groups in total. The van der Waals surface area contributed by atoms with E-state index < -0.39 is 23.8 Å². The second-order valence-corrected chi connectivity index (χ2v) is 18.4. The molecule has 1 saturated heterocycles. The number of pyridine rings is 1. The molecule has 1 spiro atoms. The van der Waals surface area contributed by atoms with Gasteiger partial charge in [0, 0.05) is 49.4 Å². The van der Waals surface area contributed by atoms with Crippen LogP contribution in [0.3, 0.4) is 0 Å². The van der Waals surface area contributed by atoms with Gasteiger partial charge in [0.05, 0.1) is 24.8 Å². The Morgan fingerprint density at radius 2 is 1.87 bits per heavy atom. The molecular formula is C46H61FN10O6. The number of likely N-dealkylation sites (tertiary alicyclic amines) is 1.